The van der Waals surface area contributed by atoms with Crippen LogP contribution in [-0.4, -0.2) is 39.3 Å². The number of carbonyl (C=O) groups excluding carboxylic acids is 1. The van der Waals surface area contributed by atoms with Gasteiger partial charge in [0, 0.05) is 12.7 Å². The van der Waals surface area contributed by atoms with E-state index in [0.29, 0.717) is 17.0 Å². The number of amides is 1. The summed E-state index contributed by atoms with van der Waals surface area (Å²) in [5, 5.41) is 8.91. The summed E-state index contributed by atoms with van der Waals surface area (Å²) in [6, 6.07) is 24.0. The zero-order valence-electron chi connectivity index (χ0n) is 17.8. The van der Waals surface area contributed by atoms with Crippen molar-refractivity contribution in [1.29, 1.82) is 5.26 Å². The summed E-state index contributed by atoms with van der Waals surface area (Å²) in [5.74, 6) is 0.278. The van der Waals surface area contributed by atoms with Gasteiger partial charge in [-0.05, 0) is 54.1 Å². The molecule has 0 spiro atoms. The molecule has 1 amide bonds. The smallest absolute Gasteiger partial charge is 0.243 e. The largest absolute Gasteiger partial charge is 0.497 e. The summed E-state index contributed by atoms with van der Waals surface area (Å²) < 4.78 is 32.1. The van der Waals surface area contributed by atoms with Crippen LogP contribution in [0, 0.1) is 11.3 Å². The van der Waals surface area contributed by atoms with E-state index in [2.05, 4.69) is 0 Å². The predicted molar refractivity (Wildman–Crippen MR) is 122 cm³/mol. The fourth-order valence-electron chi connectivity index (χ4n) is 3.09. The van der Waals surface area contributed by atoms with Gasteiger partial charge in [0.05, 0.1) is 36.7 Å². The van der Waals surface area contributed by atoms with E-state index in [0.717, 1.165) is 9.87 Å². The maximum Gasteiger partial charge on any atom is 0.243 e. The Morgan fingerprint density at radius 3 is 2.16 bits per heavy atom. The van der Waals surface area contributed by atoms with Gasteiger partial charge in [-0.25, -0.2) is 8.42 Å². The van der Waals surface area contributed by atoms with Crippen LogP contribution < -0.4 is 9.64 Å². The number of methoxy groups -OCH3 is 1. The molecule has 0 bridgehead atoms. The molecule has 0 fully saturated rings. The van der Waals surface area contributed by atoms with E-state index in [1.807, 2.05) is 36.4 Å². The summed E-state index contributed by atoms with van der Waals surface area (Å²) in [6.45, 7) is -0.0576. The molecule has 0 aliphatic heterocycles. The van der Waals surface area contributed by atoms with E-state index in [1.54, 1.807) is 36.3 Å². The number of sulfonamides is 1. The Morgan fingerprint density at radius 2 is 1.59 bits per heavy atom. The minimum atomic E-state index is -3.90. The summed E-state index contributed by atoms with van der Waals surface area (Å²) in [4.78, 5) is 14.8. The molecule has 164 valence electrons. The highest BCUT2D eigenvalue weighted by Crippen LogP contribution is 2.22. The number of carbonyl (C=O) groups is 1. The van der Waals surface area contributed by atoms with Crippen molar-refractivity contribution in [3.8, 4) is 11.8 Å². The zero-order chi connectivity index (χ0) is 23.1. The molecule has 0 aromatic heterocycles. The molecule has 0 atom stereocenters. The average molecular weight is 450 g/mol. The lowest BCUT2D eigenvalue weighted by molar-refractivity contribution is -0.118. The van der Waals surface area contributed by atoms with E-state index in [4.69, 9.17) is 10.00 Å². The fraction of sp³-hybridized carbons (Fsp3) is 0.167. The standard InChI is InChI=1S/C24H23N3O4S/c1-26(32(29,30)23-14-8-19(16-25)9-15-23)18-24(28)27(17-20-6-4-3-5-7-20)21-10-12-22(31-2)13-11-21/h3-15H,17-18H2,1-2H3. The number of nitrogens with zero attached hydrogens (tertiary/aromatic N) is 3. The van der Waals surface area contributed by atoms with Crippen molar-refractivity contribution in [1.82, 2.24) is 4.31 Å². The van der Waals surface area contributed by atoms with E-state index >= 15 is 0 Å². The number of hydrogen-bond acceptors (Lipinski definition) is 5. The molecule has 0 radical (unpaired) electrons. The molecule has 0 saturated heterocycles. The summed E-state index contributed by atoms with van der Waals surface area (Å²) >= 11 is 0. The Bertz CT molecular complexity index is 1200. The second-order valence-corrected chi connectivity index (χ2v) is 9.11. The van der Waals surface area contributed by atoms with Gasteiger partial charge in [-0.15, -0.1) is 0 Å². The monoisotopic (exact) mass is 449 g/mol. The van der Waals surface area contributed by atoms with Gasteiger partial charge >= 0.3 is 0 Å². The molecule has 0 unspecified atom stereocenters. The van der Waals surface area contributed by atoms with Crippen LogP contribution in [0.4, 0.5) is 5.69 Å². The molecule has 3 aromatic carbocycles. The van der Waals surface area contributed by atoms with Crippen molar-refractivity contribution >= 4 is 21.6 Å². The normalized spacial score (nSPS) is 11.1. The maximum absolute atomic E-state index is 13.2. The molecule has 3 rings (SSSR count). The van der Waals surface area contributed by atoms with Crippen LogP contribution in [0.15, 0.2) is 83.8 Å². The maximum atomic E-state index is 13.2. The van der Waals surface area contributed by atoms with E-state index < -0.39 is 10.0 Å². The number of ether oxygens (including phenoxy) is 1. The van der Waals surface area contributed by atoms with Crippen molar-refractivity contribution in [2.24, 2.45) is 0 Å². The number of rotatable bonds is 8. The van der Waals surface area contributed by atoms with E-state index in [1.165, 1.54) is 31.3 Å². The number of anilines is 1. The van der Waals surface area contributed by atoms with Crippen molar-refractivity contribution < 1.29 is 17.9 Å². The van der Waals surface area contributed by atoms with Gasteiger partial charge < -0.3 is 9.64 Å². The van der Waals surface area contributed by atoms with Crippen LogP contribution in [0.5, 0.6) is 5.75 Å². The molecular formula is C24H23N3O4S. The second-order valence-electron chi connectivity index (χ2n) is 7.06. The van der Waals surface area contributed by atoms with Crippen LogP contribution >= 0.6 is 0 Å². The Kier molecular flexibility index (Phi) is 7.25. The van der Waals surface area contributed by atoms with E-state index in [-0.39, 0.29) is 23.9 Å². The minimum absolute atomic E-state index is 0.0193. The first-order valence-electron chi connectivity index (χ1n) is 9.80. The van der Waals surface area contributed by atoms with Gasteiger partial charge in [0.25, 0.3) is 0 Å². The summed E-state index contributed by atoms with van der Waals surface area (Å²) in [7, 11) is -0.980. The topological polar surface area (TPSA) is 90.7 Å². The van der Waals surface area contributed by atoms with Crippen molar-refractivity contribution in [3.05, 3.63) is 90.0 Å². The third-order valence-electron chi connectivity index (χ3n) is 4.92. The molecule has 0 aliphatic rings. The number of likely N-dealkylation sites (N-methyl/N-ethyl adjacent to an activating group) is 1. The van der Waals surface area contributed by atoms with Crippen molar-refractivity contribution in [2.45, 2.75) is 11.4 Å². The number of hydrogen-bond donors (Lipinski definition) is 0. The first-order chi connectivity index (χ1) is 15.3. The average Bonchev–Trinajstić information content (AvgIpc) is 2.83. The Hall–Kier alpha value is -3.67. The third-order valence-corrected chi connectivity index (χ3v) is 6.74. The molecule has 0 saturated carbocycles. The quantitative estimate of drug-likeness (QED) is 0.526. The fourth-order valence-corrected chi connectivity index (χ4v) is 4.21. The lowest BCUT2D eigenvalue weighted by atomic mass is 10.2. The predicted octanol–water partition coefficient (Wildman–Crippen LogP) is 3.42. The van der Waals surface area contributed by atoms with E-state index in [9.17, 15) is 13.2 Å². The lowest BCUT2D eigenvalue weighted by Crippen LogP contribution is -2.41. The summed E-state index contributed by atoms with van der Waals surface area (Å²) in [6.07, 6.45) is 0. The highest BCUT2D eigenvalue weighted by Gasteiger charge is 2.26. The molecule has 0 heterocycles. The Labute approximate surface area is 188 Å². The Morgan fingerprint density at radius 1 is 0.969 bits per heavy atom. The second kappa shape index (κ2) is 10.1. The number of nitriles is 1. The van der Waals surface area contributed by atoms with Gasteiger partial charge in [-0.2, -0.15) is 9.57 Å². The highest BCUT2D eigenvalue weighted by molar-refractivity contribution is 7.89. The molecular weight excluding hydrogens is 426 g/mol. The minimum Gasteiger partial charge on any atom is -0.497 e. The first kappa shape index (κ1) is 23.0. The van der Waals surface area contributed by atoms with Crippen LogP contribution in [0.2, 0.25) is 0 Å². The SMILES string of the molecule is COc1ccc(N(Cc2ccccc2)C(=O)CN(C)S(=O)(=O)c2ccc(C#N)cc2)cc1. The molecule has 0 N–H and O–H groups in total. The van der Waals surface area contributed by atoms with Crippen molar-refractivity contribution in [3.63, 3.8) is 0 Å². The lowest BCUT2D eigenvalue weighted by Gasteiger charge is -2.26. The third kappa shape index (κ3) is 5.32. The zero-order valence-corrected chi connectivity index (χ0v) is 18.6. The molecule has 8 heteroatoms. The first-order valence-corrected chi connectivity index (χ1v) is 11.2. The van der Waals surface area contributed by atoms with Gasteiger partial charge in [0.1, 0.15) is 5.75 Å². The molecule has 32 heavy (non-hydrogen) atoms. The van der Waals surface area contributed by atoms with Crippen LogP contribution in [0.3, 0.4) is 0 Å². The Balaban J connectivity index is 1.85. The van der Waals surface area contributed by atoms with Gasteiger partial charge in [-0.1, -0.05) is 30.3 Å². The highest BCUT2D eigenvalue weighted by atomic mass is 32.2. The number of benzene rings is 3. The van der Waals surface area contributed by atoms with Gasteiger partial charge in [0.2, 0.25) is 15.9 Å². The van der Waals surface area contributed by atoms with Crippen LogP contribution in [-0.2, 0) is 21.4 Å². The molecule has 3 aromatic rings. The van der Waals surface area contributed by atoms with Gasteiger partial charge in [0.15, 0.2) is 0 Å². The van der Waals surface area contributed by atoms with Gasteiger partial charge in [-0.3, -0.25) is 4.79 Å². The summed E-state index contributed by atoms with van der Waals surface area (Å²) in [5.41, 5.74) is 1.90. The van der Waals surface area contributed by atoms with Crippen molar-refractivity contribution in [2.75, 3.05) is 25.6 Å². The van der Waals surface area contributed by atoms with Crippen LogP contribution in [0.25, 0.3) is 0 Å². The molecule has 0 aliphatic carbocycles. The van der Waals surface area contributed by atoms with Crippen LogP contribution in [0.1, 0.15) is 11.1 Å². The molecule has 7 nitrogen and oxygen atoms in total.